The number of nitrogens with one attached hydrogen (secondary N) is 1. The van der Waals surface area contributed by atoms with Crippen molar-refractivity contribution in [2.45, 2.75) is 6.92 Å². The van der Waals surface area contributed by atoms with Gasteiger partial charge in [0.1, 0.15) is 10.5 Å². The first-order valence-electron chi connectivity index (χ1n) is 5.96. The van der Waals surface area contributed by atoms with Crippen molar-refractivity contribution >= 4 is 23.6 Å². The molecule has 0 unspecified atom stereocenters. The zero-order valence-corrected chi connectivity index (χ0v) is 12.0. The van der Waals surface area contributed by atoms with Crippen molar-refractivity contribution in [3.63, 3.8) is 0 Å². The molecular weight excluding hydrogens is 272 g/mol. The fourth-order valence-electron chi connectivity index (χ4n) is 1.96. The van der Waals surface area contributed by atoms with Crippen molar-refractivity contribution in [3.8, 4) is 22.0 Å². The molecule has 2 aromatic heterocycles. The quantitative estimate of drug-likeness (QED) is 0.682. The number of nitrogens with zero attached hydrogens (tertiary/aromatic N) is 1. The molecule has 0 aliphatic rings. The molecule has 2 nitrogen and oxygen atoms in total. The first kappa shape index (κ1) is 12.3. The maximum atomic E-state index is 5.38. The van der Waals surface area contributed by atoms with Gasteiger partial charge in [0, 0.05) is 5.56 Å². The first-order chi connectivity index (χ1) is 9.25. The van der Waals surface area contributed by atoms with Gasteiger partial charge in [-0.3, -0.25) is 0 Å². The van der Waals surface area contributed by atoms with E-state index in [1.165, 1.54) is 0 Å². The fourth-order valence-corrected chi connectivity index (χ4v) is 2.82. The van der Waals surface area contributed by atoms with Crippen molar-refractivity contribution in [2.24, 2.45) is 0 Å². The van der Waals surface area contributed by atoms with Gasteiger partial charge in [-0.05, 0) is 23.9 Å². The van der Waals surface area contributed by atoms with Crippen molar-refractivity contribution in [3.05, 3.63) is 58.0 Å². The van der Waals surface area contributed by atoms with Gasteiger partial charge in [-0.25, -0.2) is 4.98 Å². The Bertz CT molecular complexity index is 744. The number of aromatic nitrogens is 2. The smallest absolute Gasteiger partial charge is 0.149 e. The average molecular weight is 284 g/mol. The van der Waals surface area contributed by atoms with Crippen LogP contribution in [0.2, 0.25) is 0 Å². The van der Waals surface area contributed by atoms with Crippen LogP contribution in [0, 0.1) is 11.6 Å². The molecule has 0 saturated carbocycles. The van der Waals surface area contributed by atoms with E-state index in [4.69, 9.17) is 12.2 Å². The number of benzene rings is 1. The van der Waals surface area contributed by atoms with Gasteiger partial charge in [0.25, 0.3) is 0 Å². The molecule has 0 saturated heterocycles. The topological polar surface area (TPSA) is 28.7 Å². The van der Waals surface area contributed by atoms with Gasteiger partial charge in [0.05, 0.1) is 10.6 Å². The summed E-state index contributed by atoms with van der Waals surface area (Å²) < 4.78 is 0.654. The molecule has 0 spiro atoms. The van der Waals surface area contributed by atoms with Gasteiger partial charge in [-0.1, -0.05) is 48.6 Å². The predicted octanol–water partition coefficient (Wildman–Crippen LogP) is 4.84. The Morgan fingerprint density at radius 2 is 1.89 bits per heavy atom. The highest BCUT2D eigenvalue weighted by Gasteiger charge is 2.08. The van der Waals surface area contributed by atoms with Crippen LogP contribution < -0.4 is 0 Å². The Morgan fingerprint density at radius 1 is 1.11 bits per heavy atom. The van der Waals surface area contributed by atoms with E-state index < -0.39 is 0 Å². The lowest BCUT2D eigenvalue weighted by atomic mass is 10.1. The van der Waals surface area contributed by atoms with Crippen molar-refractivity contribution in [1.82, 2.24) is 9.97 Å². The van der Waals surface area contributed by atoms with Crippen LogP contribution in [0.1, 0.15) is 5.56 Å². The number of aromatic amines is 1. The molecule has 1 aromatic carbocycles. The maximum absolute atomic E-state index is 5.38. The van der Waals surface area contributed by atoms with Crippen LogP contribution in [0.15, 0.2) is 47.8 Å². The van der Waals surface area contributed by atoms with Gasteiger partial charge in [-0.15, -0.1) is 11.3 Å². The number of thiophene rings is 1. The summed E-state index contributed by atoms with van der Waals surface area (Å²) in [5.41, 5.74) is 3.19. The van der Waals surface area contributed by atoms with Gasteiger partial charge < -0.3 is 4.98 Å². The molecule has 3 rings (SSSR count). The second kappa shape index (κ2) is 5.07. The summed E-state index contributed by atoms with van der Waals surface area (Å²) in [7, 11) is 0. The number of hydrogen-bond acceptors (Lipinski definition) is 3. The van der Waals surface area contributed by atoms with Crippen LogP contribution in [0.5, 0.6) is 0 Å². The Hall–Kier alpha value is -1.78. The van der Waals surface area contributed by atoms with E-state index in [1.54, 1.807) is 11.3 Å². The molecule has 4 heteroatoms. The van der Waals surface area contributed by atoms with Crippen LogP contribution in [0.4, 0.5) is 0 Å². The second-order valence-electron chi connectivity index (χ2n) is 4.23. The molecule has 2 heterocycles. The normalized spacial score (nSPS) is 10.6. The first-order valence-corrected chi connectivity index (χ1v) is 7.25. The van der Waals surface area contributed by atoms with Gasteiger partial charge in [0.15, 0.2) is 0 Å². The summed E-state index contributed by atoms with van der Waals surface area (Å²) in [5.74, 6) is 0.837. The summed E-state index contributed by atoms with van der Waals surface area (Å²) in [6, 6.07) is 14.3. The van der Waals surface area contributed by atoms with Crippen LogP contribution in [-0.2, 0) is 0 Å². The van der Waals surface area contributed by atoms with E-state index in [0.717, 1.165) is 27.5 Å². The van der Waals surface area contributed by atoms with Crippen LogP contribution in [-0.4, -0.2) is 9.97 Å². The van der Waals surface area contributed by atoms with Crippen molar-refractivity contribution < 1.29 is 0 Å². The summed E-state index contributed by atoms with van der Waals surface area (Å²) in [5, 5.41) is 2.04. The van der Waals surface area contributed by atoms with Crippen molar-refractivity contribution in [2.75, 3.05) is 0 Å². The minimum Gasteiger partial charge on any atom is -0.338 e. The Labute approximate surface area is 120 Å². The molecule has 0 aliphatic heterocycles. The van der Waals surface area contributed by atoms with E-state index >= 15 is 0 Å². The summed E-state index contributed by atoms with van der Waals surface area (Å²) in [6.45, 7) is 2.01. The predicted molar refractivity (Wildman–Crippen MR) is 82.9 cm³/mol. The summed E-state index contributed by atoms with van der Waals surface area (Å²) >= 11 is 7.03. The van der Waals surface area contributed by atoms with E-state index in [9.17, 15) is 0 Å². The average Bonchev–Trinajstić information content (AvgIpc) is 2.97. The molecule has 0 aliphatic carbocycles. The molecule has 3 aromatic rings. The second-order valence-corrected chi connectivity index (χ2v) is 5.57. The molecule has 94 valence electrons. The largest absolute Gasteiger partial charge is 0.338 e. The Morgan fingerprint density at radius 3 is 2.58 bits per heavy atom. The highest BCUT2D eigenvalue weighted by Crippen LogP contribution is 2.26. The third-order valence-corrected chi connectivity index (χ3v) is 4.24. The van der Waals surface area contributed by atoms with Crippen LogP contribution in [0.3, 0.4) is 0 Å². The molecule has 0 fully saturated rings. The van der Waals surface area contributed by atoms with E-state index in [0.29, 0.717) is 4.64 Å². The third-order valence-electron chi connectivity index (χ3n) is 2.97. The SMILES string of the molecule is Cc1c(-c2ccccc2)[nH]c(-c2cccs2)nc1=S. The lowest BCUT2D eigenvalue weighted by Crippen LogP contribution is -1.96. The summed E-state index contributed by atoms with van der Waals surface area (Å²) in [4.78, 5) is 8.98. The minimum absolute atomic E-state index is 0.654. The highest BCUT2D eigenvalue weighted by atomic mass is 32.1. The molecule has 0 amide bonds. The third kappa shape index (κ3) is 2.37. The molecule has 0 atom stereocenters. The monoisotopic (exact) mass is 284 g/mol. The van der Waals surface area contributed by atoms with Gasteiger partial charge in [0.2, 0.25) is 0 Å². The number of H-pyrrole nitrogens is 1. The number of hydrogen-bond donors (Lipinski definition) is 1. The molecule has 0 radical (unpaired) electrons. The minimum atomic E-state index is 0.654. The summed E-state index contributed by atoms with van der Waals surface area (Å²) in [6.07, 6.45) is 0. The Kier molecular flexibility index (Phi) is 3.27. The van der Waals surface area contributed by atoms with Crippen LogP contribution >= 0.6 is 23.6 Å². The Balaban J connectivity index is 2.23. The van der Waals surface area contributed by atoms with E-state index in [2.05, 4.69) is 22.1 Å². The van der Waals surface area contributed by atoms with Crippen molar-refractivity contribution in [1.29, 1.82) is 0 Å². The lowest BCUT2D eigenvalue weighted by Gasteiger charge is -2.08. The highest BCUT2D eigenvalue weighted by molar-refractivity contribution is 7.71. The van der Waals surface area contributed by atoms with Gasteiger partial charge >= 0.3 is 0 Å². The maximum Gasteiger partial charge on any atom is 0.149 e. The zero-order valence-electron chi connectivity index (χ0n) is 10.4. The molecule has 1 N–H and O–H groups in total. The van der Waals surface area contributed by atoms with E-state index in [-0.39, 0.29) is 0 Å². The van der Waals surface area contributed by atoms with Gasteiger partial charge in [-0.2, -0.15) is 0 Å². The standard InChI is InChI=1S/C15H12N2S2/c1-10-13(11-6-3-2-4-7-11)16-14(17-15(10)18)12-8-5-9-19-12/h2-9H,1H3,(H,16,17,18). The zero-order chi connectivity index (χ0) is 13.2. The number of rotatable bonds is 2. The molecule has 19 heavy (non-hydrogen) atoms. The molecule has 0 bridgehead atoms. The van der Waals surface area contributed by atoms with Crippen LogP contribution in [0.25, 0.3) is 22.0 Å². The molecular formula is C15H12N2S2. The van der Waals surface area contributed by atoms with E-state index in [1.807, 2.05) is 42.6 Å². The lowest BCUT2D eigenvalue weighted by molar-refractivity contribution is 1.13. The fraction of sp³-hybridized carbons (Fsp3) is 0.0667.